The molecule has 0 saturated carbocycles. The van der Waals surface area contributed by atoms with Crippen LogP contribution in [0.2, 0.25) is 0 Å². The lowest BCUT2D eigenvalue weighted by Crippen LogP contribution is -2.45. The number of carboxylic acid groups (broad SMARTS) is 1. The number of piperidine rings is 1. The molecule has 18 heavy (non-hydrogen) atoms. The Morgan fingerprint density at radius 1 is 1.50 bits per heavy atom. The maximum absolute atomic E-state index is 11.3. The van der Waals surface area contributed by atoms with Crippen molar-refractivity contribution in [3.8, 4) is 0 Å². The summed E-state index contributed by atoms with van der Waals surface area (Å²) in [4.78, 5) is 11.3. The van der Waals surface area contributed by atoms with E-state index in [2.05, 4.69) is 24.4 Å². The van der Waals surface area contributed by atoms with E-state index in [1.807, 2.05) is 12.1 Å². The second kappa shape index (κ2) is 3.95. The minimum Gasteiger partial charge on any atom is -0.478 e. The molecule has 1 aromatic rings. The smallest absolute Gasteiger partial charge is 0.336 e. The summed E-state index contributed by atoms with van der Waals surface area (Å²) in [5.41, 5.74) is 2.55. The van der Waals surface area contributed by atoms with E-state index in [1.165, 1.54) is 5.56 Å². The third kappa shape index (κ3) is 1.44. The zero-order valence-corrected chi connectivity index (χ0v) is 10.4. The number of hydrogen-bond acceptors (Lipinski definition) is 2. The number of allylic oxidation sites excluding steroid dienone is 1. The molecule has 2 atom stereocenters. The van der Waals surface area contributed by atoms with Crippen LogP contribution in [0.5, 0.6) is 0 Å². The standard InChI is InChI=1S/C15H17NO2/c1-10-9-16-8-7-15(10)6-5-11-12(14(17)18)3-2-4-13(11)15/h2-6,10,16H,7-9H2,1H3,(H,17,18)/t10-,15-/m0/s1. The van der Waals surface area contributed by atoms with Crippen LogP contribution >= 0.6 is 0 Å². The Bertz CT molecular complexity index is 535. The Morgan fingerprint density at radius 3 is 3.06 bits per heavy atom. The van der Waals surface area contributed by atoms with Gasteiger partial charge in [0, 0.05) is 5.41 Å². The fourth-order valence-corrected chi connectivity index (χ4v) is 3.35. The Labute approximate surface area is 107 Å². The van der Waals surface area contributed by atoms with E-state index in [1.54, 1.807) is 6.07 Å². The SMILES string of the molecule is C[C@H]1CNCC[C@@]12C=Cc1c(C(=O)O)cccc12. The zero-order chi connectivity index (χ0) is 12.8. The molecule has 3 nitrogen and oxygen atoms in total. The fourth-order valence-electron chi connectivity index (χ4n) is 3.35. The lowest BCUT2D eigenvalue weighted by atomic mass is 9.68. The van der Waals surface area contributed by atoms with Crippen molar-refractivity contribution >= 4 is 12.0 Å². The van der Waals surface area contributed by atoms with Crippen molar-refractivity contribution < 1.29 is 9.90 Å². The molecule has 3 heteroatoms. The van der Waals surface area contributed by atoms with Crippen LogP contribution in [0.3, 0.4) is 0 Å². The predicted molar refractivity (Wildman–Crippen MR) is 70.8 cm³/mol. The minimum absolute atomic E-state index is 0.0338. The third-order valence-electron chi connectivity index (χ3n) is 4.43. The van der Waals surface area contributed by atoms with E-state index in [0.717, 1.165) is 25.1 Å². The second-order valence-electron chi connectivity index (χ2n) is 5.30. The van der Waals surface area contributed by atoms with Gasteiger partial charge in [0.05, 0.1) is 5.56 Å². The average molecular weight is 243 g/mol. The van der Waals surface area contributed by atoms with Crippen LogP contribution in [0.25, 0.3) is 6.08 Å². The molecule has 1 aliphatic carbocycles. The molecule has 2 aliphatic rings. The number of benzene rings is 1. The van der Waals surface area contributed by atoms with Crippen molar-refractivity contribution in [3.05, 3.63) is 41.0 Å². The van der Waals surface area contributed by atoms with E-state index >= 15 is 0 Å². The van der Waals surface area contributed by atoms with E-state index in [0.29, 0.717) is 11.5 Å². The molecule has 1 heterocycles. The summed E-state index contributed by atoms with van der Waals surface area (Å²) in [6.45, 7) is 4.21. The number of carboxylic acids is 1. The lowest BCUT2D eigenvalue weighted by Gasteiger charge is -2.40. The van der Waals surface area contributed by atoms with E-state index in [9.17, 15) is 9.90 Å². The Hall–Kier alpha value is -1.61. The maximum atomic E-state index is 11.3. The summed E-state index contributed by atoms with van der Waals surface area (Å²) in [6.07, 6.45) is 5.26. The van der Waals surface area contributed by atoms with Crippen molar-refractivity contribution in [2.75, 3.05) is 13.1 Å². The first-order valence-electron chi connectivity index (χ1n) is 6.42. The van der Waals surface area contributed by atoms with Crippen LogP contribution in [0, 0.1) is 5.92 Å². The van der Waals surface area contributed by atoms with Gasteiger partial charge >= 0.3 is 5.97 Å². The highest BCUT2D eigenvalue weighted by Gasteiger charge is 2.42. The first-order valence-corrected chi connectivity index (χ1v) is 6.42. The molecule has 1 spiro atoms. The molecule has 0 radical (unpaired) electrons. The number of rotatable bonds is 1. The molecule has 2 N–H and O–H groups in total. The highest BCUT2D eigenvalue weighted by molar-refractivity contribution is 5.94. The number of nitrogens with one attached hydrogen (secondary N) is 1. The van der Waals surface area contributed by atoms with Gasteiger partial charge in [-0.1, -0.05) is 31.2 Å². The van der Waals surface area contributed by atoms with Crippen LogP contribution in [-0.4, -0.2) is 24.2 Å². The van der Waals surface area contributed by atoms with Crippen LogP contribution in [0.4, 0.5) is 0 Å². The van der Waals surface area contributed by atoms with Crippen molar-refractivity contribution in [1.29, 1.82) is 0 Å². The van der Waals surface area contributed by atoms with Crippen LogP contribution in [-0.2, 0) is 5.41 Å². The fraction of sp³-hybridized carbons (Fsp3) is 0.400. The molecule has 1 aromatic carbocycles. The van der Waals surface area contributed by atoms with Gasteiger partial charge in [-0.3, -0.25) is 0 Å². The summed E-state index contributed by atoms with van der Waals surface area (Å²) < 4.78 is 0. The van der Waals surface area contributed by atoms with Crippen LogP contribution < -0.4 is 5.32 Å². The van der Waals surface area contributed by atoms with E-state index in [-0.39, 0.29) is 5.41 Å². The first kappa shape index (κ1) is 11.5. The predicted octanol–water partition coefficient (Wildman–Crippen LogP) is 2.28. The summed E-state index contributed by atoms with van der Waals surface area (Å²) in [7, 11) is 0. The van der Waals surface area contributed by atoms with Crippen LogP contribution in [0.15, 0.2) is 24.3 Å². The Morgan fingerprint density at radius 2 is 2.33 bits per heavy atom. The van der Waals surface area contributed by atoms with Gasteiger partial charge in [0.15, 0.2) is 0 Å². The van der Waals surface area contributed by atoms with Gasteiger partial charge in [0.2, 0.25) is 0 Å². The summed E-state index contributed by atoms with van der Waals surface area (Å²) in [5, 5.41) is 12.7. The normalized spacial score (nSPS) is 29.5. The minimum atomic E-state index is -0.838. The lowest BCUT2D eigenvalue weighted by molar-refractivity contribution is 0.0696. The first-order chi connectivity index (χ1) is 8.65. The molecular weight excluding hydrogens is 226 g/mol. The van der Waals surface area contributed by atoms with Gasteiger partial charge in [-0.15, -0.1) is 0 Å². The average Bonchev–Trinajstić information content (AvgIpc) is 2.73. The van der Waals surface area contributed by atoms with Gasteiger partial charge in [-0.05, 0) is 42.6 Å². The summed E-state index contributed by atoms with van der Waals surface area (Å²) in [5.74, 6) is -0.345. The highest BCUT2D eigenvalue weighted by Crippen LogP contribution is 2.46. The molecule has 1 aliphatic heterocycles. The molecule has 3 rings (SSSR count). The van der Waals surface area contributed by atoms with Gasteiger partial charge in [0.1, 0.15) is 0 Å². The molecular formula is C15H17NO2. The number of carbonyl (C=O) groups is 1. The van der Waals surface area contributed by atoms with E-state index in [4.69, 9.17) is 0 Å². The van der Waals surface area contributed by atoms with Crippen molar-refractivity contribution in [2.45, 2.75) is 18.8 Å². The molecule has 0 unspecified atom stereocenters. The van der Waals surface area contributed by atoms with E-state index < -0.39 is 5.97 Å². The highest BCUT2D eigenvalue weighted by atomic mass is 16.4. The largest absolute Gasteiger partial charge is 0.478 e. The number of aromatic carboxylic acids is 1. The van der Waals surface area contributed by atoms with Gasteiger partial charge in [-0.25, -0.2) is 4.79 Å². The summed E-state index contributed by atoms with van der Waals surface area (Å²) in [6, 6.07) is 5.64. The molecule has 0 aromatic heterocycles. The maximum Gasteiger partial charge on any atom is 0.336 e. The van der Waals surface area contributed by atoms with Gasteiger partial charge in [0.25, 0.3) is 0 Å². The number of hydrogen-bond donors (Lipinski definition) is 2. The van der Waals surface area contributed by atoms with Crippen molar-refractivity contribution in [3.63, 3.8) is 0 Å². The molecule has 1 saturated heterocycles. The third-order valence-corrected chi connectivity index (χ3v) is 4.43. The summed E-state index contributed by atoms with van der Waals surface area (Å²) >= 11 is 0. The monoisotopic (exact) mass is 243 g/mol. The molecule has 94 valence electrons. The Kier molecular flexibility index (Phi) is 2.52. The topological polar surface area (TPSA) is 49.3 Å². The second-order valence-corrected chi connectivity index (χ2v) is 5.30. The molecule has 0 bridgehead atoms. The molecule has 0 amide bonds. The van der Waals surface area contributed by atoms with Gasteiger partial charge < -0.3 is 10.4 Å². The zero-order valence-electron chi connectivity index (χ0n) is 10.4. The molecule has 1 fully saturated rings. The Balaban J connectivity index is 2.15. The quantitative estimate of drug-likeness (QED) is 0.795. The van der Waals surface area contributed by atoms with Gasteiger partial charge in [-0.2, -0.15) is 0 Å². The number of fused-ring (bicyclic) bond motifs is 2. The van der Waals surface area contributed by atoms with Crippen molar-refractivity contribution in [1.82, 2.24) is 5.32 Å². The van der Waals surface area contributed by atoms with Crippen LogP contribution in [0.1, 0.15) is 34.8 Å². The van der Waals surface area contributed by atoms with Crippen molar-refractivity contribution in [2.24, 2.45) is 5.92 Å².